The fourth-order valence-corrected chi connectivity index (χ4v) is 4.65. The first kappa shape index (κ1) is 20.6. The molecule has 126 valence electrons. The van der Waals surface area contributed by atoms with Crippen LogP contribution in [0.3, 0.4) is 0 Å². The Morgan fingerprint density at radius 3 is 1.55 bits per heavy atom. The van der Waals surface area contributed by atoms with E-state index >= 15 is 0 Å². The van der Waals surface area contributed by atoms with E-state index in [4.69, 9.17) is 76.0 Å². The van der Waals surface area contributed by atoms with Crippen molar-refractivity contribution in [2.24, 2.45) is 0 Å². The van der Waals surface area contributed by atoms with Crippen molar-refractivity contribution in [3.8, 4) is 5.75 Å². The zero-order valence-electron chi connectivity index (χ0n) is 12.1. The summed E-state index contributed by atoms with van der Waals surface area (Å²) in [6, 6.07) is 0.570. The summed E-state index contributed by atoms with van der Waals surface area (Å²) in [6.45, 7) is 0.304. The van der Waals surface area contributed by atoms with Gasteiger partial charge in [-0.05, 0) is 6.42 Å². The zero-order chi connectivity index (χ0) is 16.9. The second-order valence-corrected chi connectivity index (χ2v) is 9.13. The molecule has 0 fully saturated rings. The normalized spacial score (nSPS) is 11.8. The van der Waals surface area contributed by atoms with E-state index in [9.17, 15) is 0 Å². The second-order valence-electron chi connectivity index (χ2n) is 4.15. The van der Waals surface area contributed by atoms with Crippen LogP contribution in [0.5, 0.6) is 5.75 Å². The van der Waals surface area contributed by atoms with Crippen LogP contribution in [0.1, 0.15) is 6.42 Å². The maximum atomic E-state index is 6.08. The molecule has 10 heteroatoms. The topological polar surface area (TPSA) is 36.9 Å². The molecule has 0 atom stereocenters. The van der Waals surface area contributed by atoms with Crippen molar-refractivity contribution in [3.05, 3.63) is 25.1 Å². The maximum absolute atomic E-state index is 6.08. The first-order chi connectivity index (χ1) is 10.3. The molecule has 0 aliphatic carbocycles. The molecule has 0 amide bonds. The van der Waals surface area contributed by atoms with Gasteiger partial charge in [-0.15, -0.1) is 0 Å². The molecule has 1 aromatic rings. The van der Waals surface area contributed by atoms with Crippen LogP contribution in [0.25, 0.3) is 0 Å². The van der Waals surface area contributed by atoms with Crippen molar-refractivity contribution < 1.29 is 18.0 Å². The summed E-state index contributed by atoms with van der Waals surface area (Å²) in [7, 11) is 2.01. The number of hydrogen-bond donors (Lipinski definition) is 0. The van der Waals surface area contributed by atoms with Crippen LogP contribution in [0.4, 0.5) is 0 Å². The van der Waals surface area contributed by atoms with Crippen molar-refractivity contribution in [1.82, 2.24) is 0 Å². The number of hydrogen-bond acceptors (Lipinski definition) is 4. The molecule has 1 aromatic carbocycles. The molecule has 0 heterocycles. The van der Waals surface area contributed by atoms with Gasteiger partial charge >= 0.3 is 8.80 Å². The maximum Gasteiger partial charge on any atom is 0.500 e. The highest BCUT2D eigenvalue weighted by atomic mass is 35.5. The fourth-order valence-electron chi connectivity index (χ4n) is 1.73. The minimum atomic E-state index is -2.63. The molecular formula is C12H15Cl5O4Si. The van der Waals surface area contributed by atoms with Crippen LogP contribution >= 0.6 is 58.0 Å². The fraction of sp³-hybridized carbons (Fsp3) is 0.500. The molecule has 0 aliphatic heterocycles. The van der Waals surface area contributed by atoms with E-state index in [0.717, 1.165) is 0 Å². The van der Waals surface area contributed by atoms with E-state index in [-0.39, 0.29) is 30.9 Å². The summed E-state index contributed by atoms with van der Waals surface area (Å²) < 4.78 is 21.5. The standard InChI is InChI=1S/C12H15Cl5O4Si/c1-18-22(19-2,20-3)6-4-5-21-12-10(16)8(14)7(13)9(15)11(12)17/h4-6H2,1-3H3. The van der Waals surface area contributed by atoms with E-state index in [1.54, 1.807) is 21.3 Å². The lowest BCUT2D eigenvalue weighted by molar-refractivity contribution is 0.121. The highest BCUT2D eigenvalue weighted by Gasteiger charge is 2.37. The Kier molecular flexibility index (Phi) is 8.58. The molecule has 0 aliphatic rings. The Hall–Kier alpha value is 0.567. The van der Waals surface area contributed by atoms with Gasteiger partial charge in [0.05, 0.1) is 21.7 Å². The van der Waals surface area contributed by atoms with E-state index in [2.05, 4.69) is 0 Å². The highest BCUT2D eigenvalue weighted by Crippen LogP contribution is 2.48. The molecule has 1 rings (SSSR count). The Balaban J connectivity index is 2.74. The van der Waals surface area contributed by atoms with Gasteiger partial charge in [-0.3, -0.25) is 0 Å². The van der Waals surface area contributed by atoms with Gasteiger partial charge in [-0.1, -0.05) is 58.0 Å². The lowest BCUT2D eigenvalue weighted by atomic mass is 10.3. The Labute approximate surface area is 155 Å². The number of benzene rings is 1. The minimum absolute atomic E-state index is 0.0928. The molecule has 0 N–H and O–H groups in total. The second kappa shape index (κ2) is 9.16. The van der Waals surface area contributed by atoms with Crippen molar-refractivity contribution in [3.63, 3.8) is 0 Å². The molecule has 0 unspecified atom stereocenters. The van der Waals surface area contributed by atoms with Gasteiger partial charge in [-0.25, -0.2) is 0 Å². The molecule has 0 radical (unpaired) electrons. The first-order valence-electron chi connectivity index (χ1n) is 6.13. The lowest BCUT2D eigenvalue weighted by Gasteiger charge is -2.24. The Morgan fingerprint density at radius 2 is 1.14 bits per heavy atom. The van der Waals surface area contributed by atoms with Gasteiger partial charge in [0.2, 0.25) is 0 Å². The monoisotopic (exact) mass is 426 g/mol. The minimum Gasteiger partial charge on any atom is -0.490 e. The van der Waals surface area contributed by atoms with E-state index in [0.29, 0.717) is 19.1 Å². The average molecular weight is 429 g/mol. The van der Waals surface area contributed by atoms with Gasteiger partial charge in [-0.2, -0.15) is 0 Å². The van der Waals surface area contributed by atoms with Crippen LogP contribution < -0.4 is 4.74 Å². The number of ether oxygens (including phenoxy) is 1. The summed E-state index contributed by atoms with van der Waals surface area (Å²) in [5.74, 6) is 0.197. The van der Waals surface area contributed by atoms with Crippen molar-refractivity contribution in [1.29, 1.82) is 0 Å². The summed E-state index contributed by atoms with van der Waals surface area (Å²) >= 11 is 30.0. The smallest absolute Gasteiger partial charge is 0.490 e. The molecule has 0 saturated heterocycles. The van der Waals surface area contributed by atoms with E-state index in [1.165, 1.54) is 0 Å². The predicted octanol–water partition coefficient (Wildman–Crippen LogP) is 5.60. The van der Waals surface area contributed by atoms with Crippen molar-refractivity contribution in [2.75, 3.05) is 27.9 Å². The molecule has 0 spiro atoms. The third-order valence-corrected chi connectivity index (χ3v) is 8.05. The van der Waals surface area contributed by atoms with Gasteiger partial charge in [0.15, 0.2) is 5.75 Å². The lowest BCUT2D eigenvalue weighted by Crippen LogP contribution is -2.42. The van der Waals surface area contributed by atoms with Crippen LogP contribution in [-0.2, 0) is 13.3 Å². The highest BCUT2D eigenvalue weighted by molar-refractivity contribution is 6.60. The molecule has 0 bridgehead atoms. The Bertz CT molecular complexity index is 487. The number of halogens is 5. The van der Waals surface area contributed by atoms with E-state index in [1.807, 2.05) is 0 Å². The van der Waals surface area contributed by atoms with E-state index < -0.39 is 8.80 Å². The molecular weight excluding hydrogens is 413 g/mol. The van der Waals surface area contributed by atoms with Crippen LogP contribution in [-0.4, -0.2) is 36.7 Å². The predicted molar refractivity (Wildman–Crippen MR) is 93.2 cm³/mol. The molecule has 22 heavy (non-hydrogen) atoms. The summed E-state index contributed by atoms with van der Waals surface area (Å²) in [6.07, 6.45) is 0.603. The van der Waals surface area contributed by atoms with Gasteiger partial charge in [0.1, 0.15) is 10.0 Å². The summed E-state index contributed by atoms with van der Waals surface area (Å²) in [4.78, 5) is 0. The van der Waals surface area contributed by atoms with Gasteiger partial charge in [0, 0.05) is 27.4 Å². The van der Waals surface area contributed by atoms with Crippen LogP contribution in [0.15, 0.2) is 0 Å². The molecule has 0 aromatic heterocycles. The molecule has 4 nitrogen and oxygen atoms in total. The first-order valence-corrected chi connectivity index (χ1v) is 9.95. The SMILES string of the molecule is CO[Si](CCCOc1c(Cl)c(Cl)c(Cl)c(Cl)c1Cl)(OC)OC. The average Bonchev–Trinajstić information content (AvgIpc) is 2.54. The largest absolute Gasteiger partial charge is 0.500 e. The van der Waals surface area contributed by atoms with Crippen LogP contribution in [0.2, 0.25) is 31.2 Å². The van der Waals surface area contributed by atoms with Gasteiger partial charge < -0.3 is 18.0 Å². The Morgan fingerprint density at radius 1 is 0.727 bits per heavy atom. The zero-order valence-corrected chi connectivity index (χ0v) is 16.9. The summed E-state index contributed by atoms with van der Waals surface area (Å²) in [5, 5.41) is 0.532. The third kappa shape index (κ3) is 4.56. The van der Waals surface area contributed by atoms with Gasteiger partial charge in [0.25, 0.3) is 0 Å². The molecule has 0 saturated carbocycles. The quantitative estimate of drug-likeness (QED) is 0.234. The summed E-state index contributed by atoms with van der Waals surface area (Å²) in [5.41, 5.74) is 0. The van der Waals surface area contributed by atoms with Crippen molar-refractivity contribution in [2.45, 2.75) is 12.5 Å². The third-order valence-electron chi connectivity index (χ3n) is 2.98. The van der Waals surface area contributed by atoms with Crippen molar-refractivity contribution >= 4 is 66.8 Å². The van der Waals surface area contributed by atoms with Crippen LogP contribution in [0, 0.1) is 0 Å². The number of rotatable bonds is 8.